The summed E-state index contributed by atoms with van der Waals surface area (Å²) in [4.78, 5) is -0.983. The van der Waals surface area contributed by atoms with Crippen molar-refractivity contribution in [2.75, 3.05) is 33.4 Å². The summed E-state index contributed by atoms with van der Waals surface area (Å²) >= 11 is 0. The van der Waals surface area contributed by atoms with Crippen molar-refractivity contribution in [2.45, 2.75) is 23.9 Å². The van der Waals surface area contributed by atoms with Gasteiger partial charge in [-0.25, -0.2) is 17.5 Å². The second-order valence-electron chi connectivity index (χ2n) is 6.15. The number of halogens is 4. The first-order chi connectivity index (χ1) is 11.6. The van der Waals surface area contributed by atoms with Crippen molar-refractivity contribution in [1.29, 1.82) is 0 Å². The van der Waals surface area contributed by atoms with Crippen molar-refractivity contribution in [3.8, 4) is 0 Å². The molecule has 1 saturated heterocycles. The molecule has 0 atom stereocenters. The van der Waals surface area contributed by atoms with Crippen LogP contribution >= 0.6 is 0 Å². The fraction of sp³-hybridized carbons (Fsp3) is 0.600. The topological polar surface area (TPSA) is 67.4 Å². The van der Waals surface area contributed by atoms with E-state index in [4.69, 9.17) is 4.74 Å². The second-order valence-corrected chi connectivity index (χ2v) is 7.88. The van der Waals surface area contributed by atoms with Gasteiger partial charge in [-0.3, -0.25) is 0 Å². The number of nitrogens with one attached hydrogen (secondary N) is 2. The van der Waals surface area contributed by atoms with Crippen LogP contribution in [0.15, 0.2) is 23.1 Å². The lowest BCUT2D eigenvalue weighted by Gasteiger charge is -2.37. The number of methoxy groups -OCH3 is 1. The summed E-state index contributed by atoms with van der Waals surface area (Å²) in [5, 5.41) is 3.14. The molecule has 142 valence electrons. The maximum absolute atomic E-state index is 13.2. The quantitative estimate of drug-likeness (QED) is 0.738. The summed E-state index contributed by atoms with van der Waals surface area (Å²) in [6.45, 7) is 1.55. The zero-order valence-corrected chi connectivity index (χ0v) is 14.4. The molecule has 2 N–H and O–H groups in total. The monoisotopic (exact) mass is 384 g/mol. The van der Waals surface area contributed by atoms with Gasteiger partial charge in [-0.1, -0.05) is 0 Å². The van der Waals surface area contributed by atoms with E-state index in [1.807, 2.05) is 0 Å². The van der Waals surface area contributed by atoms with Crippen LogP contribution in [0.1, 0.15) is 18.4 Å². The average molecular weight is 384 g/mol. The van der Waals surface area contributed by atoms with Crippen molar-refractivity contribution in [2.24, 2.45) is 5.41 Å². The van der Waals surface area contributed by atoms with Gasteiger partial charge in [-0.05, 0) is 44.1 Å². The standard InChI is InChI=1S/C15H20F4N2O3S/c1-24-10-14(4-6-20-7-5-14)9-21-25(22,23)13-3-2-11(16)8-12(13)15(17,18)19/h2-3,8,20-21H,4-7,9-10H2,1H3. The highest BCUT2D eigenvalue weighted by molar-refractivity contribution is 7.89. The van der Waals surface area contributed by atoms with Gasteiger partial charge in [0.05, 0.1) is 17.1 Å². The lowest BCUT2D eigenvalue weighted by Crippen LogP contribution is -2.47. The van der Waals surface area contributed by atoms with Gasteiger partial charge >= 0.3 is 6.18 Å². The molecule has 0 bridgehead atoms. The van der Waals surface area contributed by atoms with Crippen molar-refractivity contribution < 1.29 is 30.7 Å². The molecule has 0 aromatic heterocycles. The minimum Gasteiger partial charge on any atom is -0.384 e. The molecule has 1 aliphatic rings. The molecule has 1 aliphatic heterocycles. The molecule has 1 aromatic carbocycles. The molecule has 5 nitrogen and oxygen atoms in total. The van der Waals surface area contributed by atoms with E-state index in [1.165, 1.54) is 7.11 Å². The molecule has 10 heteroatoms. The number of piperidine rings is 1. The van der Waals surface area contributed by atoms with Crippen LogP contribution in [0.5, 0.6) is 0 Å². The average Bonchev–Trinajstić information content (AvgIpc) is 2.53. The van der Waals surface area contributed by atoms with Gasteiger partial charge in [0.1, 0.15) is 5.82 Å². The molecule has 0 amide bonds. The van der Waals surface area contributed by atoms with Crippen molar-refractivity contribution in [1.82, 2.24) is 10.0 Å². The summed E-state index contributed by atoms with van der Waals surface area (Å²) in [5.41, 5.74) is -2.02. The minimum atomic E-state index is -4.98. The fourth-order valence-electron chi connectivity index (χ4n) is 2.92. The Morgan fingerprint density at radius 3 is 2.48 bits per heavy atom. The number of sulfonamides is 1. The zero-order chi connectivity index (χ0) is 18.7. The van der Waals surface area contributed by atoms with Crippen LogP contribution < -0.4 is 10.0 Å². The lowest BCUT2D eigenvalue weighted by molar-refractivity contribution is -0.140. The van der Waals surface area contributed by atoms with E-state index in [-0.39, 0.29) is 19.2 Å². The number of ether oxygens (including phenoxy) is 1. The zero-order valence-electron chi connectivity index (χ0n) is 13.6. The van der Waals surface area contributed by atoms with Crippen molar-refractivity contribution in [3.05, 3.63) is 29.6 Å². The third kappa shape index (κ3) is 4.90. The Kier molecular flexibility index (Phi) is 6.08. The van der Waals surface area contributed by atoms with Crippen LogP contribution in [-0.4, -0.2) is 41.8 Å². The smallest absolute Gasteiger partial charge is 0.384 e. The van der Waals surface area contributed by atoms with Gasteiger partial charge < -0.3 is 10.1 Å². The molecule has 0 radical (unpaired) electrons. The van der Waals surface area contributed by atoms with E-state index in [2.05, 4.69) is 10.0 Å². The van der Waals surface area contributed by atoms with Gasteiger partial charge in [-0.2, -0.15) is 13.2 Å². The van der Waals surface area contributed by atoms with Crippen molar-refractivity contribution >= 4 is 10.0 Å². The Hall–Kier alpha value is -1.23. The van der Waals surface area contributed by atoms with E-state index >= 15 is 0 Å². The number of hydrogen-bond donors (Lipinski definition) is 2. The predicted molar refractivity (Wildman–Crippen MR) is 83.0 cm³/mol. The molecule has 1 heterocycles. The largest absolute Gasteiger partial charge is 0.417 e. The maximum atomic E-state index is 13.2. The summed E-state index contributed by atoms with van der Waals surface area (Å²) < 4.78 is 84.6. The summed E-state index contributed by atoms with van der Waals surface area (Å²) in [6, 6.07) is 1.51. The van der Waals surface area contributed by atoms with E-state index in [0.717, 1.165) is 0 Å². The Morgan fingerprint density at radius 1 is 1.28 bits per heavy atom. The van der Waals surface area contributed by atoms with Crippen LogP contribution in [-0.2, 0) is 20.9 Å². The van der Waals surface area contributed by atoms with Crippen LogP contribution in [0.25, 0.3) is 0 Å². The van der Waals surface area contributed by atoms with Gasteiger partial charge in [0.25, 0.3) is 0 Å². The predicted octanol–water partition coefficient (Wildman–Crippen LogP) is 2.14. The Labute approximate surface area is 143 Å². The number of alkyl halides is 3. The molecule has 25 heavy (non-hydrogen) atoms. The van der Waals surface area contributed by atoms with E-state index in [0.29, 0.717) is 38.1 Å². The van der Waals surface area contributed by atoms with Gasteiger partial charge in [0, 0.05) is 19.1 Å². The molecular weight excluding hydrogens is 364 g/mol. The van der Waals surface area contributed by atoms with Crippen molar-refractivity contribution in [3.63, 3.8) is 0 Å². The van der Waals surface area contributed by atoms with Crippen LogP contribution in [0, 0.1) is 11.2 Å². The SMILES string of the molecule is COCC1(CNS(=O)(=O)c2ccc(F)cc2C(F)(F)F)CCNCC1. The van der Waals surface area contributed by atoms with E-state index in [9.17, 15) is 26.0 Å². The number of rotatable bonds is 6. The Morgan fingerprint density at radius 2 is 1.92 bits per heavy atom. The molecule has 1 aromatic rings. The van der Waals surface area contributed by atoms with E-state index in [1.54, 1.807) is 0 Å². The van der Waals surface area contributed by atoms with Gasteiger partial charge in [0.15, 0.2) is 0 Å². The third-order valence-electron chi connectivity index (χ3n) is 4.29. The summed E-state index contributed by atoms with van der Waals surface area (Å²) in [5.74, 6) is -1.15. The Balaban J connectivity index is 2.27. The first kappa shape index (κ1) is 20.1. The number of benzene rings is 1. The lowest BCUT2D eigenvalue weighted by atomic mass is 9.80. The van der Waals surface area contributed by atoms with Gasteiger partial charge in [0.2, 0.25) is 10.0 Å². The molecule has 2 rings (SSSR count). The molecule has 1 fully saturated rings. The van der Waals surface area contributed by atoms with Crippen LogP contribution in [0.2, 0.25) is 0 Å². The van der Waals surface area contributed by atoms with Crippen LogP contribution in [0.4, 0.5) is 17.6 Å². The molecule has 0 saturated carbocycles. The second kappa shape index (κ2) is 7.56. The first-order valence-electron chi connectivity index (χ1n) is 7.66. The van der Waals surface area contributed by atoms with Gasteiger partial charge in [-0.15, -0.1) is 0 Å². The normalized spacial score (nSPS) is 18.3. The molecule has 0 spiro atoms. The highest BCUT2D eigenvalue weighted by Crippen LogP contribution is 2.35. The number of hydrogen-bond acceptors (Lipinski definition) is 4. The van der Waals surface area contributed by atoms with Crippen LogP contribution in [0.3, 0.4) is 0 Å². The summed E-state index contributed by atoms with van der Waals surface area (Å²) in [7, 11) is -2.97. The Bertz CT molecular complexity index is 696. The van der Waals surface area contributed by atoms with E-state index < -0.39 is 37.9 Å². The fourth-order valence-corrected chi connectivity index (χ4v) is 4.28. The summed E-state index contributed by atoms with van der Waals surface area (Å²) in [6.07, 6.45) is -3.73. The third-order valence-corrected chi connectivity index (χ3v) is 5.75. The highest BCUT2D eigenvalue weighted by Gasteiger charge is 2.39. The molecule has 0 unspecified atom stereocenters. The molecule has 0 aliphatic carbocycles. The highest BCUT2D eigenvalue weighted by atomic mass is 32.2. The molecular formula is C15H20F4N2O3S. The maximum Gasteiger partial charge on any atom is 0.417 e. The minimum absolute atomic E-state index is 0.0560. The first-order valence-corrected chi connectivity index (χ1v) is 9.14.